The minimum absolute atomic E-state index is 0.0927. The molecule has 0 aromatic heterocycles. The van der Waals surface area contributed by atoms with E-state index in [2.05, 4.69) is 0 Å². The van der Waals surface area contributed by atoms with Crippen molar-refractivity contribution in [2.45, 2.75) is 13.3 Å². The van der Waals surface area contributed by atoms with Crippen LogP contribution in [0.4, 0.5) is 0 Å². The lowest BCUT2D eigenvalue weighted by Crippen LogP contribution is -2.02. The van der Waals surface area contributed by atoms with Gasteiger partial charge in [-0.3, -0.25) is 4.79 Å². The number of Topliss-reactive ketones (excluding diaryl/α,β-unsaturated/α-hetero) is 1. The van der Waals surface area contributed by atoms with Crippen molar-refractivity contribution in [2.75, 3.05) is 6.61 Å². The van der Waals surface area contributed by atoms with Gasteiger partial charge >= 0.3 is 0 Å². The molecule has 4 heteroatoms. The second-order valence-electron chi connectivity index (χ2n) is 2.88. The third kappa shape index (κ3) is 3.56. The van der Waals surface area contributed by atoms with Crippen LogP contribution in [-0.4, -0.2) is 12.4 Å². The van der Waals surface area contributed by atoms with Gasteiger partial charge in [-0.25, -0.2) is 0 Å². The van der Waals surface area contributed by atoms with Gasteiger partial charge in [-0.2, -0.15) is 0 Å². The third-order valence-corrected chi connectivity index (χ3v) is 2.14. The number of rotatable bonds is 4. The molecule has 14 heavy (non-hydrogen) atoms. The molecular formula is C10H10Cl2O2. The molecule has 0 fully saturated rings. The first-order valence-electron chi connectivity index (χ1n) is 4.17. The van der Waals surface area contributed by atoms with Gasteiger partial charge in [0.15, 0.2) is 0 Å². The van der Waals surface area contributed by atoms with Gasteiger partial charge in [-0.05, 0) is 25.1 Å². The fourth-order valence-corrected chi connectivity index (χ4v) is 1.36. The summed E-state index contributed by atoms with van der Waals surface area (Å²) in [4.78, 5) is 10.6. The topological polar surface area (TPSA) is 26.3 Å². The van der Waals surface area contributed by atoms with Crippen LogP contribution in [0.5, 0.6) is 5.75 Å². The Labute approximate surface area is 92.8 Å². The summed E-state index contributed by atoms with van der Waals surface area (Å²) in [6, 6.07) is 4.98. The average Bonchev–Trinajstić information content (AvgIpc) is 2.08. The summed E-state index contributed by atoms with van der Waals surface area (Å²) in [5.41, 5.74) is 0. The summed E-state index contributed by atoms with van der Waals surface area (Å²) in [5.74, 6) is 0.646. The Morgan fingerprint density at radius 1 is 1.43 bits per heavy atom. The summed E-state index contributed by atoms with van der Waals surface area (Å²) in [5, 5.41) is 1.02. The smallest absolute Gasteiger partial charge is 0.138 e. The zero-order chi connectivity index (χ0) is 10.6. The van der Waals surface area contributed by atoms with E-state index in [-0.39, 0.29) is 5.78 Å². The molecule has 0 unspecified atom stereocenters. The van der Waals surface area contributed by atoms with Crippen molar-refractivity contribution in [2.24, 2.45) is 0 Å². The summed E-state index contributed by atoms with van der Waals surface area (Å²) in [6.07, 6.45) is 0.388. The van der Waals surface area contributed by atoms with E-state index in [0.717, 1.165) is 0 Å². The molecule has 1 aromatic carbocycles. The second-order valence-corrected chi connectivity index (χ2v) is 3.72. The number of ether oxygens (including phenoxy) is 1. The van der Waals surface area contributed by atoms with Gasteiger partial charge in [0.2, 0.25) is 0 Å². The molecule has 0 aliphatic rings. The SMILES string of the molecule is CC(=O)CCOc1ccc(Cl)cc1Cl. The molecule has 2 nitrogen and oxygen atoms in total. The van der Waals surface area contributed by atoms with Crippen LogP contribution in [0, 0.1) is 0 Å². The summed E-state index contributed by atoms with van der Waals surface area (Å²) in [6.45, 7) is 1.86. The molecular weight excluding hydrogens is 223 g/mol. The lowest BCUT2D eigenvalue weighted by molar-refractivity contribution is -0.117. The molecule has 0 N–H and O–H groups in total. The molecule has 1 aromatic rings. The van der Waals surface area contributed by atoms with Gasteiger partial charge in [0.05, 0.1) is 11.6 Å². The van der Waals surface area contributed by atoms with Crippen molar-refractivity contribution < 1.29 is 9.53 Å². The maximum absolute atomic E-state index is 10.6. The molecule has 0 spiro atoms. The molecule has 0 saturated heterocycles. The van der Waals surface area contributed by atoms with Crippen LogP contribution in [0.1, 0.15) is 13.3 Å². The second kappa shape index (κ2) is 5.23. The van der Waals surface area contributed by atoms with E-state index < -0.39 is 0 Å². The van der Waals surface area contributed by atoms with Crippen LogP contribution in [0.2, 0.25) is 10.0 Å². The third-order valence-electron chi connectivity index (χ3n) is 1.61. The molecule has 0 amide bonds. The highest BCUT2D eigenvalue weighted by atomic mass is 35.5. The molecule has 0 heterocycles. The van der Waals surface area contributed by atoms with Crippen LogP contribution in [0.25, 0.3) is 0 Å². The number of halogens is 2. The minimum atomic E-state index is 0.0927. The zero-order valence-electron chi connectivity index (χ0n) is 7.72. The highest BCUT2D eigenvalue weighted by molar-refractivity contribution is 6.35. The van der Waals surface area contributed by atoms with Crippen LogP contribution in [0.3, 0.4) is 0 Å². The van der Waals surface area contributed by atoms with Crippen LogP contribution >= 0.6 is 23.2 Å². The van der Waals surface area contributed by atoms with Crippen molar-refractivity contribution in [3.05, 3.63) is 28.2 Å². The molecule has 76 valence electrons. The Hall–Kier alpha value is -0.730. The first kappa shape index (κ1) is 11.3. The van der Waals surface area contributed by atoms with Gasteiger partial charge < -0.3 is 4.74 Å². The Morgan fingerprint density at radius 3 is 2.71 bits per heavy atom. The lowest BCUT2D eigenvalue weighted by atomic mass is 10.3. The van der Waals surface area contributed by atoms with Crippen molar-refractivity contribution in [3.63, 3.8) is 0 Å². The number of carbonyl (C=O) groups is 1. The number of hydrogen-bond donors (Lipinski definition) is 0. The highest BCUT2D eigenvalue weighted by Gasteiger charge is 2.02. The maximum Gasteiger partial charge on any atom is 0.138 e. The summed E-state index contributed by atoms with van der Waals surface area (Å²) >= 11 is 11.6. The van der Waals surface area contributed by atoms with Crippen LogP contribution in [0.15, 0.2) is 18.2 Å². The Kier molecular flexibility index (Phi) is 4.23. The van der Waals surface area contributed by atoms with E-state index in [0.29, 0.717) is 28.8 Å². The first-order valence-corrected chi connectivity index (χ1v) is 4.92. The predicted molar refractivity (Wildman–Crippen MR) is 57.3 cm³/mol. The average molecular weight is 233 g/mol. The summed E-state index contributed by atoms with van der Waals surface area (Å²) in [7, 11) is 0. The largest absolute Gasteiger partial charge is 0.492 e. The van der Waals surface area contributed by atoms with Gasteiger partial charge in [-0.1, -0.05) is 23.2 Å². The number of benzene rings is 1. The molecule has 0 bridgehead atoms. The van der Waals surface area contributed by atoms with Gasteiger partial charge in [0.1, 0.15) is 11.5 Å². The quantitative estimate of drug-likeness (QED) is 0.796. The summed E-state index contributed by atoms with van der Waals surface area (Å²) < 4.78 is 5.29. The zero-order valence-corrected chi connectivity index (χ0v) is 9.23. The van der Waals surface area contributed by atoms with E-state index in [9.17, 15) is 4.79 Å². The van der Waals surface area contributed by atoms with Crippen molar-refractivity contribution in [1.29, 1.82) is 0 Å². The van der Waals surface area contributed by atoms with Crippen LogP contribution < -0.4 is 4.74 Å². The normalized spacial score (nSPS) is 9.93. The maximum atomic E-state index is 10.6. The number of hydrogen-bond acceptors (Lipinski definition) is 2. The lowest BCUT2D eigenvalue weighted by Gasteiger charge is -2.06. The first-order chi connectivity index (χ1) is 6.59. The van der Waals surface area contributed by atoms with Crippen LogP contribution in [-0.2, 0) is 4.79 Å². The van der Waals surface area contributed by atoms with Crippen molar-refractivity contribution in [1.82, 2.24) is 0 Å². The van der Waals surface area contributed by atoms with Crippen molar-refractivity contribution in [3.8, 4) is 5.75 Å². The van der Waals surface area contributed by atoms with E-state index >= 15 is 0 Å². The highest BCUT2D eigenvalue weighted by Crippen LogP contribution is 2.27. The fraction of sp³-hybridized carbons (Fsp3) is 0.300. The molecule has 0 radical (unpaired) electrons. The minimum Gasteiger partial charge on any atom is -0.492 e. The van der Waals surface area contributed by atoms with E-state index in [1.165, 1.54) is 6.92 Å². The molecule has 0 aliphatic carbocycles. The Morgan fingerprint density at radius 2 is 2.14 bits per heavy atom. The van der Waals surface area contributed by atoms with Gasteiger partial charge in [0.25, 0.3) is 0 Å². The Balaban J connectivity index is 2.55. The molecule has 0 saturated carbocycles. The Bertz CT molecular complexity index is 337. The molecule has 1 rings (SSSR count). The van der Waals surface area contributed by atoms with Gasteiger partial charge in [-0.15, -0.1) is 0 Å². The number of carbonyl (C=O) groups excluding carboxylic acids is 1. The predicted octanol–water partition coefficient (Wildman–Crippen LogP) is 3.35. The monoisotopic (exact) mass is 232 g/mol. The molecule has 0 atom stereocenters. The van der Waals surface area contributed by atoms with Crippen molar-refractivity contribution >= 4 is 29.0 Å². The fourth-order valence-electron chi connectivity index (χ4n) is 0.897. The van der Waals surface area contributed by atoms with E-state index in [1.807, 2.05) is 0 Å². The van der Waals surface area contributed by atoms with E-state index in [4.69, 9.17) is 27.9 Å². The molecule has 0 aliphatic heterocycles. The standard InChI is InChI=1S/C10H10Cl2O2/c1-7(13)4-5-14-10-3-2-8(11)6-9(10)12/h2-3,6H,4-5H2,1H3. The van der Waals surface area contributed by atoms with E-state index in [1.54, 1.807) is 18.2 Å². The number of ketones is 1. The van der Waals surface area contributed by atoms with Gasteiger partial charge in [0, 0.05) is 11.4 Å².